The van der Waals surface area contributed by atoms with Gasteiger partial charge < -0.3 is 19.3 Å². The lowest BCUT2D eigenvalue weighted by molar-refractivity contribution is -0.174. The predicted molar refractivity (Wildman–Crippen MR) is 50.0 cm³/mol. The van der Waals surface area contributed by atoms with Crippen LogP contribution in [0, 0.1) is 0 Å². The second-order valence-corrected chi connectivity index (χ2v) is 2.79. The number of rotatable bonds is 6. The summed E-state index contributed by atoms with van der Waals surface area (Å²) in [5.74, 6) is -2.30. The predicted octanol–water partition coefficient (Wildman–Crippen LogP) is -0.636. The van der Waals surface area contributed by atoms with Gasteiger partial charge in [-0.05, 0) is 6.92 Å². The first-order valence-corrected chi connectivity index (χ1v) is 4.63. The van der Waals surface area contributed by atoms with Crippen molar-refractivity contribution in [3.63, 3.8) is 0 Å². The van der Waals surface area contributed by atoms with Gasteiger partial charge in [0.25, 0.3) is 0 Å². The third-order valence-electron chi connectivity index (χ3n) is 1.40. The fourth-order valence-electron chi connectivity index (χ4n) is 0.555. The maximum Gasteiger partial charge on any atom is 0.347 e. The van der Waals surface area contributed by atoms with Crippen molar-refractivity contribution in [2.45, 2.75) is 26.4 Å². The molecule has 0 aliphatic rings. The number of hydrogen-bond donors (Lipinski definition) is 1. The van der Waals surface area contributed by atoms with Gasteiger partial charge in [-0.15, -0.1) is 0 Å². The number of ether oxygens (including phenoxy) is 3. The SMILES string of the molecule is CCC(=O)OCOC(=O)COC(=O)C(C)O. The van der Waals surface area contributed by atoms with Crippen LogP contribution in [-0.2, 0) is 28.6 Å². The van der Waals surface area contributed by atoms with E-state index >= 15 is 0 Å². The maximum atomic E-state index is 10.9. The highest BCUT2D eigenvalue weighted by molar-refractivity contribution is 5.78. The average molecular weight is 234 g/mol. The Kier molecular flexibility index (Phi) is 6.86. The molecule has 0 fully saturated rings. The lowest BCUT2D eigenvalue weighted by Gasteiger charge is -2.07. The van der Waals surface area contributed by atoms with Crippen LogP contribution in [0.25, 0.3) is 0 Å². The number of aliphatic hydroxyl groups is 1. The lowest BCUT2D eigenvalue weighted by atomic mass is 10.4. The Morgan fingerprint density at radius 2 is 1.69 bits per heavy atom. The monoisotopic (exact) mass is 234 g/mol. The zero-order chi connectivity index (χ0) is 12.6. The molecule has 0 rings (SSSR count). The van der Waals surface area contributed by atoms with Crippen LogP contribution in [-0.4, -0.2) is 42.5 Å². The van der Waals surface area contributed by atoms with Gasteiger partial charge in [-0.25, -0.2) is 9.59 Å². The summed E-state index contributed by atoms with van der Waals surface area (Å²) in [5, 5.41) is 8.72. The molecule has 0 amide bonds. The first-order chi connectivity index (χ1) is 7.47. The fourth-order valence-corrected chi connectivity index (χ4v) is 0.555. The topological polar surface area (TPSA) is 99.1 Å². The van der Waals surface area contributed by atoms with E-state index in [1.807, 2.05) is 0 Å². The van der Waals surface area contributed by atoms with Crippen molar-refractivity contribution in [3.8, 4) is 0 Å². The summed E-state index contributed by atoms with van der Waals surface area (Å²) >= 11 is 0. The van der Waals surface area contributed by atoms with E-state index in [4.69, 9.17) is 5.11 Å². The zero-order valence-electron chi connectivity index (χ0n) is 9.10. The van der Waals surface area contributed by atoms with Crippen molar-refractivity contribution < 1.29 is 33.7 Å². The number of carbonyl (C=O) groups excluding carboxylic acids is 3. The van der Waals surface area contributed by atoms with Gasteiger partial charge in [0.15, 0.2) is 6.61 Å². The van der Waals surface area contributed by atoms with Crippen LogP contribution in [0.1, 0.15) is 20.3 Å². The summed E-state index contributed by atoms with van der Waals surface area (Å²) in [5.41, 5.74) is 0. The van der Waals surface area contributed by atoms with E-state index in [0.29, 0.717) is 0 Å². The highest BCUT2D eigenvalue weighted by Crippen LogP contribution is 1.90. The van der Waals surface area contributed by atoms with Gasteiger partial charge in [-0.2, -0.15) is 0 Å². The molecule has 1 atom stereocenters. The highest BCUT2D eigenvalue weighted by atomic mass is 16.7. The Morgan fingerprint density at radius 3 is 2.19 bits per heavy atom. The molecule has 0 aromatic heterocycles. The average Bonchev–Trinajstić information content (AvgIpc) is 2.25. The van der Waals surface area contributed by atoms with Crippen molar-refractivity contribution in [1.29, 1.82) is 0 Å². The molecular formula is C9H14O7. The molecule has 0 heterocycles. The van der Waals surface area contributed by atoms with E-state index in [1.54, 1.807) is 6.92 Å². The largest absolute Gasteiger partial charge is 0.452 e. The standard InChI is InChI=1S/C9H14O7/c1-3-7(11)15-5-16-8(12)4-14-9(13)6(2)10/h6,10H,3-5H2,1-2H3. The van der Waals surface area contributed by atoms with Gasteiger partial charge in [0.2, 0.25) is 6.79 Å². The smallest absolute Gasteiger partial charge is 0.347 e. The summed E-state index contributed by atoms with van der Waals surface area (Å²) in [6, 6.07) is 0. The van der Waals surface area contributed by atoms with E-state index in [1.165, 1.54) is 6.92 Å². The molecule has 7 nitrogen and oxygen atoms in total. The molecule has 1 unspecified atom stereocenters. The number of esters is 3. The minimum atomic E-state index is -1.30. The van der Waals surface area contributed by atoms with Crippen LogP contribution < -0.4 is 0 Å². The summed E-state index contributed by atoms with van der Waals surface area (Å²) < 4.78 is 13.2. The Balaban J connectivity index is 3.60. The van der Waals surface area contributed by atoms with Crippen LogP contribution in [0.4, 0.5) is 0 Å². The van der Waals surface area contributed by atoms with Crippen molar-refractivity contribution >= 4 is 17.9 Å². The number of hydrogen-bond acceptors (Lipinski definition) is 7. The molecule has 1 N–H and O–H groups in total. The third kappa shape index (κ3) is 6.77. The van der Waals surface area contributed by atoms with Gasteiger partial charge in [0, 0.05) is 6.42 Å². The molecule has 0 spiro atoms. The fraction of sp³-hybridized carbons (Fsp3) is 0.667. The third-order valence-corrected chi connectivity index (χ3v) is 1.40. The quantitative estimate of drug-likeness (QED) is 0.482. The minimum absolute atomic E-state index is 0.175. The van der Waals surface area contributed by atoms with E-state index in [9.17, 15) is 14.4 Å². The van der Waals surface area contributed by atoms with Crippen LogP contribution in [0.15, 0.2) is 0 Å². The van der Waals surface area contributed by atoms with Crippen molar-refractivity contribution in [1.82, 2.24) is 0 Å². The summed E-state index contributed by atoms with van der Waals surface area (Å²) in [4.78, 5) is 32.2. The van der Waals surface area contributed by atoms with Crippen LogP contribution in [0.2, 0.25) is 0 Å². The van der Waals surface area contributed by atoms with Crippen LogP contribution in [0.3, 0.4) is 0 Å². The molecule has 0 radical (unpaired) electrons. The van der Waals surface area contributed by atoms with Crippen molar-refractivity contribution in [3.05, 3.63) is 0 Å². The van der Waals surface area contributed by atoms with Crippen LogP contribution in [0.5, 0.6) is 0 Å². The second kappa shape index (κ2) is 7.63. The molecule has 0 bridgehead atoms. The summed E-state index contributed by atoms with van der Waals surface area (Å²) in [6.07, 6.45) is -1.13. The van der Waals surface area contributed by atoms with Crippen molar-refractivity contribution in [2.24, 2.45) is 0 Å². The molecule has 0 saturated heterocycles. The zero-order valence-corrected chi connectivity index (χ0v) is 9.10. The molecule has 0 aliphatic carbocycles. The van der Waals surface area contributed by atoms with Gasteiger partial charge in [0.1, 0.15) is 6.10 Å². The van der Waals surface area contributed by atoms with E-state index in [2.05, 4.69) is 14.2 Å². The number of carbonyl (C=O) groups is 3. The minimum Gasteiger partial charge on any atom is -0.452 e. The van der Waals surface area contributed by atoms with Gasteiger partial charge in [0.05, 0.1) is 0 Å². The Morgan fingerprint density at radius 1 is 1.12 bits per heavy atom. The Labute approximate surface area is 92.3 Å². The summed E-state index contributed by atoms with van der Waals surface area (Å²) in [7, 11) is 0. The van der Waals surface area contributed by atoms with Gasteiger partial charge in [-0.3, -0.25) is 4.79 Å². The molecule has 0 aromatic rings. The Hall–Kier alpha value is -1.63. The Bertz CT molecular complexity index is 259. The molecular weight excluding hydrogens is 220 g/mol. The second-order valence-electron chi connectivity index (χ2n) is 2.79. The normalized spacial score (nSPS) is 11.4. The molecule has 0 aromatic carbocycles. The first kappa shape index (κ1) is 14.4. The number of aliphatic hydroxyl groups excluding tert-OH is 1. The van der Waals surface area contributed by atoms with E-state index < -0.39 is 37.4 Å². The highest BCUT2D eigenvalue weighted by Gasteiger charge is 2.13. The molecule has 0 saturated carbocycles. The van der Waals surface area contributed by atoms with E-state index in [0.717, 1.165) is 0 Å². The molecule has 16 heavy (non-hydrogen) atoms. The molecule has 7 heteroatoms. The van der Waals surface area contributed by atoms with E-state index in [-0.39, 0.29) is 6.42 Å². The lowest BCUT2D eigenvalue weighted by Crippen LogP contribution is -2.24. The maximum absolute atomic E-state index is 10.9. The first-order valence-electron chi connectivity index (χ1n) is 4.63. The van der Waals surface area contributed by atoms with Gasteiger partial charge in [-0.1, -0.05) is 6.92 Å². The van der Waals surface area contributed by atoms with Crippen molar-refractivity contribution in [2.75, 3.05) is 13.4 Å². The molecule has 92 valence electrons. The van der Waals surface area contributed by atoms with Crippen LogP contribution >= 0.6 is 0 Å². The van der Waals surface area contributed by atoms with Gasteiger partial charge >= 0.3 is 17.9 Å². The summed E-state index contributed by atoms with van der Waals surface area (Å²) in [6.45, 7) is 1.65. The molecule has 0 aliphatic heterocycles.